The predicted octanol–water partition coefficient (Wildman–Crippen LogP) is 5.16. The topological polar surface area (TPSA) is 70.6 Å². The number of carboxylic acid groups (broad SMARTS) is 1. The number of amides is 1. The minimum atomic E-state index is -1.80. The van der Waals surface area contributed by atoms with Crippen LogP contribution in [0.1, 0.15) is 41.0 Å². The van der Waals surface area contributed by atoms with Gasteiger partial charge in [-0.05, 0) is 61.7 Å². The molecule has 0 saturated heterocycles. The molecule has 0 aliphatic rings. The van der Waals surface area contributed by atoms with Crippen molar-refractivity contribution in [3.05, 3.63) is 24.3 Å². The van der Waals surface area contributed by atoms with E-state index in [1.165, 1.54) is 0 Å². The number of benzene rings is 1. The van der Waals surface area contributed by atoms with Crippen LogP contribution in [0.15, 0.2) is 24.3 Å². The molecule has 3 N–H and O–H groups in total. The van der Waals surface area contributed by atoms with Crippen molar-refractivity contribution >= 4 is 20.1 Å². The Balaban J connectivity index is 2.49. The highest BCUT2D eigenvalue weighted by atomic mass is 28.4. The molecule has 0 bridgehead atoms. The molecule has 1 rings (SSSR count). The second-order valence-corrected chi connectivity index (χ2v) is 13.0. The molecule has 1 aromatic carbocycles. The summed E-state index contributed by atoms with van der Waals surface area (Å²) in [5.74, 6) is 1.19. The molecule has 0 aliphatic heterocycles. The van der Waals surface area contributed by atoms with Gasteiger partial charge in [-0.3, -0.25) is 0 Å². The zero-order valence-electron chi connectivity index (χ0n) is 16.6. The van der Waals surface area contributed by atoms with E-state index in [1.54, 1.807) is 0 Å². The van der Waals surface area contributed by atoms with Gasteiger partial charge in [0.05, 0.1) is 0 Å². The summed E-state index contributed by atoms with van der Waals surface area (Å²) < 4.78 is 6.28. The minimum Gasteiger partial charge on any atom is -0.544 e. The molecule has 0 saturated carbocycles. The van der Waals surface area contributed by atoms with Gasteiger partial charge in [0.15, 0.2) is 0 Å². The van der Waals surface area contributed by atoms with Gasteiger partial charge in [-0.1, -0.05) is 27.7 Å². The van der Waals surface area contributed by atoms with Crippen LogP contribution < -0.4 is 15.1 Å². The lowest BCUT2D eigenvalue weighted by Crippen LogP contribution is -2.43. The molecule has 0 radical (unpaired) electrons. The quantitative estimate of drug-likeness (QED) is 0.555. The van der Waals surface area contributed by atoms with Crippen molar-refractivity contribution in [1.82, 2.24) is 5.32 Å². The fourth-order valence-corrected chi connectivity index (χ4v) is 3.15. The summed E-state index contributed by atoms with van der Waals surface area (Å²) in [5, 5.41) is 14.8. The number of hydrogen-bond acceptors (Lipinski definition) is 3. The lowest BCUT2D eigenvalue weighted by Gasteiger charge is -2.36. The fraction of sp³-hybridized carbons (Fsp3) is 0.632. The van der Waals surface area contributed by atoms with Crippen LogP contribution in [0.25, 0.3) is 0 Å². The molecule has 2 unspecified atom stereocenters. The molecule has 0 spiro atoms. The van der Waals surface area contributed by atoms with Gasteiger partial charge in [0, 0.05) is 18.3 Å². The van der Waals surface area contributed by atoms with E-state index < -0.39 is 14.4 Å². The Morgan fingerprint density at radius 3 is 2.24 bits per heavy atom. The van der Waals surface area contributed by atoms with Gasteiger partial charge in [-0.2, -0.15) is 0 Å². The SMILES string of the molecule is CC(CCNc1ccc(O[Si](C)(C)C(C)(C)C)cc1)C(C)NC(=O)O. The lowest BCUT2D eigenvalue weighted by atomic mass is 10.00. The molecule has 0 heterocycles. The van der Waals surface area contributed by atoms with Crippen LogP contribution in [0.3, 0.4) is 0 Å². The molecule has 142 valence electrons. The van der Waals surface area contributed by atoms with Gasteiger partial charge in [-0.25, -0.2) is 4.79 Å². The highest BCUT2D eigenvalue weighted by Gasteiger charge is 2.38. The molecule has 25 heavy (non-hydrogen) atoms. The van der Waals surface area contributed by atoms with Crippen LogP contribution in [0.2, 0.25) is 18.1 Å². The summed E-state index contributed by atoms with van der Waals surface area (Å²) >= 11 is 0. The summed E-state index contributed by atoms with van der Waals surface area (Å²) in [6.07, 6.45) is -0.0754. The number of anilines is 1. The van der Waals surface area contributed by atoms with Crippen molar-refractivity contribution < 1.29 is 14.3 Å². The number of carbonyl (C=O) groups is 1. The molecule has 5 nitrogen and oxygen atoms in total. The smallest absolute Gasteiger partial charge is 0.404 e. The monoisotopic (exact) mass is 366 g/mol. The van der Waals surface area contributed by atoms with Gasteiger partial charge >= 0.3 is 6.09 Å². The van der Waals surface area contributed by atoms with E-state index in [-0.39, 0.29) is 17.0 Å². The van der Waals surface area contributed by atoms with E-state index in [4.69, 9.17) is 9.53 Å². The second kappa shape index (κ2) is 8.60. The number of rotatable bonds is 8. The van der Waals surface area contributed by atoms with E-state index in [2.05, 4.69) is 51.4 Å². The maximum atomic E-state index is 10.7. The third-order valence-corrected chi connectivity index (χ3v) is 9.53. The summed E-state index contributed by atoms with van der Waals surface area (Å²) in [6, 6.07) is 8.04. The third kappa shape index (κ3) is 6.98. The largest absolute Gasteiger partial charge is 0.544 e. The Kier molecular flexibility index (Phi) is 7.35. The van der Waals surface area contributed by atoms with Gasteiger partial charge in [0.1, 0.15) is 5.75 Å². The molecule has 2 atom stereocenters. The Hall–Kier alpha value is -1.69. The molecule has 1 aromatic rings. The Labute approximate surface area is 153 Å². The van der Waals surface area contributed by atoms with Crippen LogP contribution >= 0.6 is 0 Å². The first-order valence-electron chi connectivity index (χ1n) is 8.95. The molecule has 1 amide bonds. The van der Waals surface area contributed by atoms with Crippen LogP contribution in [-0.2, 0) is 0 Å². The van der Waals surface area contributed by atoms with Crippen molar-refractivity contribution in [2.45, 2.75) is 65.2 Å². The Morgan fingerprint density at radius 1 is 1.20 bits per heavy atom. The standard InChI is InChI=1S/C19H34N2O3Si/c1-14(15(2)21-18(22)23)12-13-20-16-8-10-17(11-9-16)24-25(6,7)19(3,4)5/h8-11,14-15,20-21H,12-13H2,1-7H3,(H,22,23). The van der Waals surface area contributed by atoms with E-state index >= 15 is 0 Å². The van der Waals surface area contributed by atoms with Crippen molar-refractivity contribution in [1.29, 1.82) is 0 Å². The first kappa shape index (κ1) is 21.3. The summed E-state index contributed by atoms with van der Waals surface area (Å²) in [4.78, 5) is 10.7. The predicted molar refractivity (Wildman–Crippen MR) is 107 cm³/mol. The zero-order valence-corrected chi connectivity index (χ0v) is 17.6. The van der Waals surface area contributed by atoms with Crippen LogP contribution in [0.4, 0.5) is 10.5 Å². The Bertz CT molecular complexity index is 553. The molecular weight excluding hydrogens is 332 g/mol. The third-order valence-electron chi connectivity index (χ3n) is 5.17. The maximum Gasteiger partial charge on any atom is 0.404 e. The normalized spacial score (nSPS) is 14.5. The average Bonchev–Trinajstić information content (AvgIpc) is 2.46. The maximum absolute atomic E-state index is 10.7. The van der Waals surface area contributed by atoms with Crippen LogP contribution in [0.5, 0.6) is 5.75 Å². The van der Waals surface area contributed by atoms with Crippen molar-refractivity contribution in [2.24, 2.45) is 5.92 Å². The lowest BCUT2D eigenvalue weighted by molar-refractivity contribution is 0.186. The summed E-state index contributed by atoms with van der Waals surface area (Å²) in [5.41, 5.74) is 1.05. The van der Waals surface area contributed by atoms with E-state index in [1.807, 2.05) is 31.2 Å². The molecule has 0 fully saturated rings. The van der Waals surface area contributed by atoms with Gasteiger partial charge in [0.2, 0.25) is 8.32 Å². The van der Waals surface area contributed by atoms with Crippen molar-refractivity contribution in [3.8, 4) is 5.75 Å². The zero-order chi connectivity index (χ0) is 19.3. The molecule has 6 heteroatoms. The Morgan fingerprint density at radius 2 is 1.76 bits per heavy atom. The molecule has 0 aliphatic carbocycles. The number of hydrogen-bond donors (Lipinski definition) is 3. The highest BCUT2D eigenvalue weighted by Crippen LogP contribution is 2.37. The minimum absolute atomic E-state index is 0.0559. The van der Waals surface area contributed by atoms with Crippen LogP contribution in [-0.4, -0.2) is 32.1 Å². The van der Waals surface area contributed by atoms with E-state index in [0.717, 1.165) is 24.4 Å². The van der Waals surface area contributed by atoms with Crippen LogP contribution in [0, 0.1) is 5.92 Å². The van der Waals surface area contributed by atoms with Gasteiger partial charge in [0.25, 0.3) is 0 Å². The average molecular weight is 367 g/mol. The summed E-state index contributed by atoms with van der Waals surface area (Å²) in [7, 11) is -1.80. The van der Waals surface area contributed by atoms with Crippen molar-refractivity contribution in [3.63, 3.8) is 0 Å². The van der Waals surface area contributed by atoms with Gasteiger partial charge < -0.3 is 20.2 Å². The van der Waals surface area contributed by atoms with Crippen molar-refractivity contribution in [2.75, 3.05) is 11.9 Å². The summed E-state index contributed by atoms with van der Waals surface area (Å²) in [6.45, 7) is 15.9. The first-order valence-corrected chi connectivity index (χ1v) is 11.9. The molecular formula is C19H34N2O3Si. The highest BCUT2D eigenvalue weighted by molar-refractivity contribution is 6.74. The number of nitrogens with one attached hydrogen (secondary N) is 2. The molecule has 0 aromatic heterocycles. The first-order chi connectivity index (χ1) is 11.4. The van der Waals surface area contributed by atoms with E-state index in [0.29, 0.717) is 0 Å². The van der Waals surface area contributed by atoms with E-state index in [9.17, 15) is 4.79 Å². The second-order valence-electron chi connectivity index (χ2n) is 8.32. The fourth-order valence-electron chi connectivity index (χ4n) is 2.12. The van der Waals surface area contributed by atoms with Gasteiger partial charge in [-0.15, -0.1) is 0 Å².